The molecule has 6 heteroatoms. The molecule has 0 aliphatic heterocycles. The summed E-state index contributed by atoms with van der Waals surface area (Å²) in [4.78, 5) is 23.1. The number of aromatic carboxylic acids is 2. The Balaban J connectivity index is 2.19. The van der Waals surface area contributed by atoms with Crippen LogP contribution >= 0.6 is 0 Å². The molecule has 3 aromatic carbocycles. The molecule has 3 rings (SSSR count). The summed E-state index contributed by atoms with van der Waals surface area (Å²) in [5, 5.41) is 38.2. The van der Waals surface area contributed by atoms with Crippen molar-refractivity contribution < 1.29 is 30.0 Å². The van der Waals surface area contributed by atoms with Crippen LogP contribution in [0.5, 0.6) is 11.5 Å². The molecule has 0 amide bonds. The van der Waals surface area contributed by atoms with E-state index in [4.69, 9.17) is 0 Å². The van der Waals surface area contributed by atoms with Gasteiger partial charge in [-0.1, -0.05) is 31.2 Å². The van der Waals surface area contributed by atoms with E-state index in [9.17, 15) is 30.0 Å². The fraction of sp³-hybridized carbons (Fsp3) is 0.130. The van der Waals surface area contributed by atoms with Crippen LogP contribution in [0.3, 0.4) is 0 Å². The minimum absolute atomic E-state index is 0.00348. The van der Waals surface area contributed by atoms with Gasteiger partial charge in [-0.05, 0) is 65.6 Å². The number of hydrogen-bond donors (Lipinski definition) is 4. The number of benzene rings is 3. The summed E-state index contributed by atoms with van der Waals surface area (Å²) in [6.07, 6.45) is 0.200. The van der Waals surface area contributed by atoms with Crippen molar-refractivity contribution >= 4 is 11.9 Å². The minimum atomic E-state index is -1.14. The fourth-order valence-electron chi connectivity index (χ4n) is 3.49. The maximum Gasteiger partial charge on any atom is 0.335 e. The molecule has 6 nitrogen and oxygen atoms in total. The first-order valence-electron chi connectivity index (χ1n) is 8.89. The van der Waals surface area contributed by atoms with Crippen molar-refractivity contribution in [1.82, 2.24) is 0 Å². The second-order valence-corrected chi connectivity index (χ2v) is 7.08. The van der Waals surface area contributed by atoms with Gasteiger partial charge in [0.15, 0.2) is 0 Å². The Labute approximate surface area is 167 Å². The zero-order valence-corrected chi connectivity index (χ0v) is 15.7. The van der Waals surface area contributed by atoms with Crippen LogP contribution in [0.2, 0.25) is 0 Å². The molecule has 0 unspecified atom stereocenters. The largest absolute Gasteiger partial charge is 0.508 e. The van der Waals surface area contributed by atoms with Gasteiger partial charge < -0.3 is 20.4 Å². The monoisotopic (exact) mass is 392 g/mol. The van der Waals surface area contributed by atoms with E-state index in [1.807, 2.05) is 6.92 Å². The lowest BCUT2D eigenvalue weighted by atomic mass is 9.71. The standard InChI is InChI=1S/C23H20O6/c1-23(16-3-7-18(24)8-4-16,17-5-9-19(25)10-6-17)13-15-12-14(21(26)27)2-11-20(15)22(28)29/h2-12,24-25H,13H2,1H3,(H,26,27)(H,28,29). The van der Waals surface area contributed by atoms with E-state index in [2.05, 4.69) is 0 Å². The van der Waals surface area contributed by atoms with Crippen molar-refractivity contribution in [3.8, 4) is 11.5 Å². The molecule has 0 fully saturated rings. The van der Waals surface area contributed by atoms with Gasteiger partial charge in [0.2, 0.25) is 0 Å². The van der Waals surface area contributed by atoms with Gasteiger partial charge in [-0.2, -0.15) is 0 Å². The molecule has 0 bridgehead atoms. The van der Waals surface area contributed by atoms with Gasteiger partial charge in [-0.3, -0.25) is 0 Å². The van der Waals surface area contributed by atoms with Gasteiger partial charge in [0.25, 0.3) is 0 Å². The highest BCUT2D eigenvalue weighted by atomic mass is 16.4. The second kappa shape index (κ2) is 7.67. The lowest BCUT2D eigenvalue weighted by Gasteiger charge is -2.32. The summed E-state index contributed by atoms with van der Waals surface area (Å²) in [5.41, 5.74) is 1.27. The van der Waals surface area contributed by atoms with Crippen LogP contribution in [0.1, 0.15) is 44.3 Å². The molecule has 29 heavy (non-hydrogen) atoms. The smallest absolute Gasteiger partial charge is 0.335 e. The predicted octanol–water partition coefficient (Wildman–Crippen LogP) is 4.04. The van der Waals surface area contributed by atoms with Gasteiger partial charge in [0.05, 0.1) is 11.1 Å². The number of phenols is 2. The molecule has 4 N–H and O–H groups in total. The molecule has 0 aliphatic carbocycles. The third-order valence-electron chi connectivity index (χ3n) is 5.14. The molecule has 0 saturated heterocycles. The summed E-state index contributed by atoms with van der Waals surface area (Å²) in [6, 6.07) is 17.1. The summed E-state index contributed by atoms with van der Waals surface area (Å²) in [7, 11) is 0. The lowest BCUT2D eigenvalue weighted by Crippen LogP contribution is -2.28. The van der Waals surface area contributed by atoms with Gasteiger partial charge >= 0.3 is 11.9 Å². The molecule has 0 heterocycles. The molecule has 0 aromatic heterocycles. The van der Waals surface area contributed by atoms with Gasteiger partial charge in [-0.15, -0.1) is 0 Å². The Morgan fingerprint density at radius 2 is 1.24 bits per heavy atom. The van der Waals surface area contributed by atoms with Crippen LogP contribution in [-0.2, 0) is 11.8 Å². The summed E-state index contributed by atoms with van der Waals surface area (Å²) >= 11 is 0. The Morgan fingerprint density at radius 1 is 0.759 bits per heavy atom. The highest BCUT2D eigenvalue weighted by Gasteiger charge is 2.31. The highest BCUT2D eigenvalue weighted by molar-refractivity contribution is 5.93. The Bertz CT molecular complexity index is 1010. The Hall–Kier alpha value is -3.80. The normalized spacial score (nSPS) is 11.2. The topological polar surface area (TPSA) is 115 Å². The van der Waals surface area contributed by atoms with Crippen LogP contribution < -0.4 is 0 Å². The van der Waals surface area contributed by atoms with Crippen LogP contribution in [0.4, 0.5) is 0 Å². The van der Waals surface area contributed by atoms with E-state index >= 15 is 0 Å². The number of aromatic hydroxyl groups is 2. The Morgan fingerprint density at radius 3 is 1.66 bits per heavy atom. The number of carboxylic acids is 2. The Kier molecular flexibility index (Phi) is 5.28. The average molecular weight is 392 g/mol. The van der Waals surface area contributed by atoms with Crippen LogP contribution in [0, 0.1) is 0 Å². The zero-order valence-electron chi connectivity index (χ0n) is 15.7. The maximum absolute atomic E-state index is 11.7. The molecule has 3 aromatic rings. The summed E-state index contributed by atoms with van der Waals surface area (Å²) in [6.45, 7) is 1.91. The van der Waals surface area contributed by atoms with E-state index in [-0.39, 0.29) is 29.0 Å². The number of hydrogen-bond acceptors (Lipinski definition) is 4. The quantitative estimate of drug-likeness (QED) is 0.503. The number of carboxylic acid groups (broad SMARTS) is 2. The first-order chi connectivity index (χ1) is 13.7. The zero-order chi connectivity index (χ0) is 21.2. The van der Waals surface area contributed by atoms with Crippen molar-refractivity contribution in [1.29, 1.82) is 0 Å². The van der Waals surface area contributed by atoms with Crippen molar-refractivity contribution in [2.45, 2.75) is 18.8 Å². The first-order valence-corrected chi connectivity index (χ1v) is 8.89. The van der Waals surface area contributed by atoms with Crippen molar-refractivity contribution in [3.05, 3.63) is 94.5 Å². The third-order valence-corrected chi connectivity index (χ3v) is 5.14. The molecule has 0 spiro atoms. The summed E-state index contributed by atoms with van der Waals surface area (Å²) < 4.78 is 0. The number of phenolic OH excluding ortho intramolecular Hbond substituents is 2. The number of carbonyl (C=O) groups is 2. The fourth-order valence-corrected chi connectivity index (χ4v) is 3.49. The van der Waals surface area contributed by atoms with Crippen molar-refractivity contribution in [2.75, 3.05) is 0 Å². The van der Waals surface area contributed by atoms with Crippen LogP contribution in [0.15, 0.2) is 66.7 Å². The average Bonchev–Trinajstić information content (AvgIpc) is 2.68. The van der Waals surface area contributed by atoms with E-state index < -0.39 is 17.4 Å². The SMILES string of the molecule is CC(Cc1cc(C(=O)O)ccc1C(=O)O)(c1ccc(O)cc1)c1ccc(O)cc1. The van der Waals surface area contributed by atoms with E-state index in [1.165, 1.54) is 18.2 Å². The minimum Gasteiger partial charge on any atom is -0.508 e. The maximum atomic E-state index is 11.7. The lowest BCUT2D eigenvalue weighted by molar-refractivity contribution is 0.0680. The summed E-state index contributed by atoms with van der Waals surface area (Å²) in [5.74, 6) is -2.09. The van der Waals surface area contributed by atoms with E-state index in [0.717, 1.165) is 11.1 Å². The second-order valence-electron chi connectivity index (χ2n) is 7.08. The van der Waals surface area contributed by atoms with E-state index in [1.54, 1.807) is 48.5 Å². The molecular formula is C23H20O6. The van der Waals surface area contributed by atoms with Crippen LogP contribution in [-0.4, -0.2) is 32.4 Å². The highest BCUT2D eigenvalue weighted by Crippen LogP contribution is 2.37. The predicted molar refractivity (Wildman–Crippen MR) is 107 cm³/mol. The van der Waals surface area contributed by atoms with Crippen molar-refractivity contribution in [2.24, 2.45) is 0 Å². The molecule has 0 atom stereocenters. The molecule has 0 saturated carbocycles. The molecular weight excluding hydrogens is 372 g/mol. The van der Waals surface area contributed by atoms with Gasteiger partial charge in [-0.25, -0.2) is 9.59 Å². The molecule has 148 valence electrons. The third kappa shape index (κ3) is 4.06. The van der Waals surface area contributed by atoms with Crippen molar-refractivity contribution in [3.63, 3.8) is 0 Å². The van der Waals surface area contributed by atoms with Crippen LogP contribution in [0.25, 0.3) is 0 Å². The number of rotatable bonds is 6. The first kappa shape index (κ1) is 19.9. The molecule has 0 aliphatic rings. The van der Waals surface area contributed by atoms with Gasteiger partial charge in [0, 0.05) is 5.41 Å². The van der Waals surface area contributed by atoms with Gasteiger partial charge in [0.1, 0.15) is 11.5 Å². The van der Waals surface area contributed by atoms with E-state index in [0.29, 0.717) is 5.56 Å². The molecule has 0 radical (unpaired) electrons.